The molecule has 2 heterocycles. The van der Waals surface area contributed by atoms with Gasteiger partial charge in [0.15, 0.2) is 12.1 Å². The van der Waals surface area contributed by atoms with Crippen LogP contribution >= 0.6 is 23.2 Å². The van der Waals surface area contributed by atoms with E-state index in [1.54, 1.807) is 24.3 Å². The maximum atomic E-state index is 14.4. The number of halogens is 8. The molecule has 4 fully saturated rings. The highest BCUT2D eigenvalue weighted by Gasteiger charge is 2.58. The van der Waals surface area contributed by atoms with E-state index in [9.17, 15) is 65.3 Å². The van der Waals surface area contributed by atoms with Crippen molar-refractivity contribution in [1.29, 1.82) is 0 Å². The van der Waals surface area contributed by atoms with E-state index < -0.39 is 96.0 Å². The maximum Gasteiger partial charge on any atom is 0.408 e. The maximum absolute atomic E-state index is 14.4. The third-order valence-electron chi connectivity index (χ3n) is 12.3. The Morgan fingerprint density at radius 2 is 1.31 bits per heavy atom. The number of aliphatic carboxylic acids is 2. The van der Waals surface area contributed by atoms with E-state index in [1.807, 2.05) is 17.6 Å². The number of benzene rings is 1. The number of carbonyl (C=O) groups excluding carboxylic acids is 4. The second-order valence-electron chi connectivity index (χ2n) is 16.2. The molecule has 1 aromatic rings. The average molecular weight is 910 g/mol. The summed E-state index contributed by atoms with van der Waals surface area (Å²) in [6, 6.07) is -6.23. The Labute approximate surface area is 358 Å². The number of amides is 6. The van der Waals surface area contributed by atoms with E-state index >= 15 is 0 Å². The van der Waals surface area contributed by atoms with Gasteiger partial charge >= 0.3 is 36.4 Å². The molecule has 6 atom stereocenters. The Morgan fingerprint density at radius 1 is 0.803 bits per heavy atom. The van der Waals surface area contributed by atoms with Crippen LogP contribution in [-0.2, 0) is 25.6 Å². The van der Waals surface area contributed by atoms with Crippen molar-refractivity contribution in [2.75, 3.05) is 0 Å². The van der Waals surface area contributed by atoms with Crippen molar-refractivity contribution in [3.05, 3.63) is 57.6 Å². The lowest BCUT2D eigenvalue weighted by atomic mass is 9.75. The largest absolute Gasteiger partial charge is 0.480 e. The Kier molecular flexibility index (Phi) is 15.5. The zero-order chi connectivity index (χ0) is 45.0. The number of rotatable bonds is 14. The number of β-lactam (4-membered cyclic amide) rings is 2. The van der Waals surface area contributed by atoms with Crippen LogP contribution < -0.4 is 10.6 Å². The molecule has 61 heavy (non-hydrogen) atoms. The molecule has 4 N–H and O–H groups in total. The molecule has 6 amide bonds. The van der Waals surface area contributed by atoms with E-state index in [2.05, 4.69) is 0 Å². The molecule has 2 aliphatic carbocycles. The first-order valence-electron chi connectivity index (χ1n) is 20.3. The number of carboxylic acids is 2. The van der Waals surface area contributed by atoms with Crippen LogP contribution in [0.3, 0.4) is 0 Å². The van der Waals surface area contributed by atoms with Crippen LogP contribution in [0.15, 0.2) is 41.5 Å². The summed E-state index contributed by atoms with van der Waals surface area (Å²) in [5.74, 6) is -9.73. The molecule has 2 saturated heterocycles. The summed E-state index contributed by atoms with van der Waals surface area (Å²) in [5, 5.41) is 24.0. The quantitative estimate of drug-likeness (QED) is 0.0815. The van der Waals surface area contributed by atoms with Gasteiger partial charge in [0, 0.05) is 10.1 Å². The Balaban J connectivity index is 1.18. The van der Waals surface area contributed by atoms with Crippen LogP contribution in [0.4, 0.5) is 35.9 Å². The van der Waals surface area contributed by atoms with Gasteiger partial charge in [-0.2, -0.15) is 26.3 Å². The van der Waals surface area contributed by atoms with Crippen molar-refractivity contribution < 1.29 is 65.3 Å². The topological polar surface area (TPSA) is 173 Å². The van der Waals surface area contributed by atoms with E-state index in [1.165, 1.54) is 12.1 Å². The minimum Gasteiger partial charge on any atom is -0.480 e. The van der Waals surface area contributed by atoms with Crippen LogP contribution in [0.1, 0.15) is 101 Å². The number of carbonyl (C=O) groups is 6. The Bertz CT molecular complexity index is 1900. The van der Waals surface area contributed by atoms with E-state index in [0.717, 1.165) is 6.42 Å². The fourth-order valence-electron chi connectivity index (χ4n) is 9.14. The number of alkyl halides is 6. The highest BCUT2D eigenvalue weighted by atomic mass is 35.5. The molecule has 0 bridgehead atoms. The van der Waals surface area contributed by atoms with Crippen molar-refractivity contribution >= 4 is 59.0 Å². The average Bonchev–Trinajstić information content (AvgIpc) is 3.18. The highest BCUT2D eigenvalue weighted by molar-refractivity contribution is 6.31. The summed E-state index contributed by atoms with van der Waals surface area (Å²) >= 11 is 12.6. The number of nitrogens with one attached hydrogen (secondary N) is 2. The molecule has 1 aromatic carbocycles. The minimum absolute atomic E-state index is 0.0144. The van der Waals surface area contributed by atoms with Gasteiger partial charge in [0.05, 0.1) is 11.8 Å². The molecule has 2 aliphatic heterocycles. The first-order valence-corrected chi connectivity index (χ1v) is 21.1. The number of hydrogen-bond donors (Lipinski definition) is 4. The van der Waals surface area contributed by atoms with E-state index in [0.29, 0.717) is 45.2 Å². The summed E-state index contributed by atoms with van der Waals surface area (Å²) < 4.78 is 85.1. The molecule has 0 radical (unpaired) electrons. The van der Waals surface area contributed by atoms with Gasteiger partial charge in [-0.15, -0.1) is 0 Å². The van der Waals surface area contributed by atoms with E-state index in [4.69, 9.17) is 23.2 Å². The number of allylic oxidation sites excluding steroid dienone is 4. The van der Waals surface area contributed by atoms with E-state index in [-0.39, 0.29) is 68.7 Å². The molecular formula is C41H48Cl2F6N4O8. The van der Waals surface area contributed by atoms with Gasteiger partial charge in [-0.1, -0.05) is 73.7 Å². The predicted molar refractivity (Wildman–Crippen MR) is 209 cm³/mol. The fourth-order valence-corrected chi connectivity index (χ4v) is 9.65. The van der Waals surface area contributed by atoms with Crippen molar-refractivity contribution in [2.24, 2.45) is 23.7 Å². The van der Waals surface area contributed by atoms with Crippen molar-refractivity contribution in [1.82, 2.24) is 20.4 Å². The molecule has 0 spiro atoms. The molecule has 5 rings (SSSR count). The number of likely N-dealkylation sites (tertiary alicyclic amines) is 2. The second kappa shape index (κ2) is 19.8. The smallest absolute Gasteiger partial charge is 0.408 e. The van der Waals surface area contributed by atoms with Crippen molar-refractivity contribution in [3.63, 3.8) is 0 Å². The summed E-state index contributed by atoms with van der Waals surface area (Å²) in [7, 11) is 0. The molecule has 2 saturated carbocycles. The molecular weight excluding hydrogens is 861 g/mol. The minimum atomic E-state index is -4.93. The predicted octanol–water partition coefficient (Wildman–Crippen LogP) is 8.71. The zero-order valence-corrected chi connectivity index (χ0v) is 34.6. The highest BCUT2D eigenvalue weighted by Crippen LogP contribution is 2.43. The molecule has 20 heteroatoms. The van der Waals surface area contributed by atoms with Crippen LogP contribution in [-0.4, -0.2) is 92.3 Å². The number of nitrogens with zero attached hydrogens (tertiary/aromatic N) is 2. The Morgan fingerprint density at radius 3 is 1.80 bits per heavy atom. The molecule has 12 nitrogen and oxygen atoms in total. The molecule has 0 aromatic heterocycles. The lowest BCUT2D eigenvalue weighted by Crippen LogP contribution is -2.70. The third kappa shape index (κ3) is 11.0. The zero-order valence-electron chi connectivity index (χ0n) is 33.1. The van der Waals surface area contributed by atoms with Crippen LogP contribution in [0, 0.1) is 23.7 Å². The standard InChI is InChI=1S/C41H48Cl2F6N4O8/c1-2-8-26(42)11-6-7-12-27-30(36(56)57)52(34(27)54)38(60)51-33(41(47,48)49)23-15-13-21(14-16-23)24-17-18-25(29(43)20-24)19-28-31(37(58)59)53(35(28)55)39(61)50-32(40(44,45)46)22-9-4-3-5-10-22/h6,8,11,17-18,20-23,27-28,30-33H,2-5,7,9-10,12-16,19H2,1H3,(H,50,61)(H,51,60)(H,56,57)(H,58,59)/b11-6-,26-8+/t21?,23?,27-,28-,30+,31+,32+,33+/m1/s1. The number of hydrogen-bond acceptors (Lipinski definition) is 6. The fraction of sp³-hybridized carbons (Fsp3) is 0.610. The van der Waals surface area contributed by atoms with Gasteiger partial charge < -0.3 is 20.8 Å². The van der Waals surface area contributed by atoms with Gasteiger partial charge in [0.1, 0.15) is 12.1 Å². The van der Waals surface area contributed by atoms with Gasteiger partial charge in [0.2, 0.25) is 11.8 Å². The first-order chi connectivity index (χ1) is 28.6. The second-order valence-corrected chi connectivity index (χ2v) is 17.0. The van der Waals surface area contributed by atoms with Gasteiger partial charge in [-0.25, -0.2) is 29.0 Å². The first kappa shape index (κ1) is 47.7. The van der Waals surface area contributed by atoms with Gasteiger partial charge in [-0.05, 0) is 105 Å². The number of urea groups is 2. The van der Waals surface area contributed by atoms with Crippen LogP contribution in [0.25, 0.3) is 0 Å². The number of imide groups is 2. The molecule has 4 aliphatic rings. The summed E-state index contributed by atoms with van der Waals surface area (Å²) in [4.78, 5) is 76.8. The lowest BCUT2D eigenvalue weighted by molar-refractivity contribution is -0.173. The van der Waals surface area contributed by atoms with Crippen LogP contribution in [0.5, 0.6) is 0 Å². The van der Waals surface area contributed by atoms with Gasteiger partial charge in [0.25, 0.3) is 0 Å². The Hall–Kier alpha value is -4.32. The van der Waals surface area contributed by atoms with Crippen LogP contribution in [0.2, 0.25) is 5.02 Å². The lowest BCUT2D eigenvalue weighted by Gasteiger charge is -2.44. The van der Waals surface area contributed by atoms with Crippen molar-refractivity contribution in [2.45, 2.75) is 133 Å². The summed E-state index contributed by atoms with van der Waals surface area (Å²) in [6.45, 7) is 1.88. The third-order valence-corrected chi connectivity index (χ3v) is 12.9. The normalized spacial score (nSPS) is 26.3. The molecule has 336 valence electrons. The SMILES string of the molecule is CC/C=C(Cl)\C=C/CC[C@H]1C(=O)N(C(=O)N[C@@H](C2CCC(c3ccc(C[C@H]4C(=O)N(C(=O)N[C@@H](C5CCCCC5)C(F)(F)F)[C@@H]4C(=O)O)c(Cl)c3)CC2)C(F)(F)F)[C@@H]1C(=O)O. The number of carboxylic acid groups (broad SMARTS) is 2. The molecule has 0 unspecified atom stereocenters. The van der Waals surface area contributed by atoms with Gasteiger partial charge in [-0.3, -0.25) is 9.59 Å². The van der Waals surface area contributed by atoms with Crippen molar-refractivity contribution in [3.8, 4) is 0 Å². The summed E-state index contributed by atoms with van der Waals surface area (Å²) in [5.41, 5.74) is 0.947. The monoisotopic (exact) mass is 908 g/mol. The summed E-state index contributed by atoms with van der Waals surface area (Å²) in [6.07, 6.45) is -1.38.